The maximum atomic E-state index is 13.1. The molecule has 1 saturated heterocycles. The van der Waals surface area contributed by atoms with Crippen molar-refractivity contribution in [3.63, 3.8) is 0 Å². The van der Waals surface area contributed by atoms with Crippen LogP contribution in [0.2, 0.25) is 0 Å². The van der Waals surface area contributed by atoms with E-state index in [1.807, 2.05) is 13.8 Å². The Kier molecular flexibility index (Phi) is 6.57. The van der Waals surface area contributed by atoms with Crippen molar-refractivity contribution in [2.75, 3.05) is 26.2 Å². The standard InChI is InChI=1S/C20H24FN3O5S/c1-14(2)18(22-19(25)17-4-3-13-29-17)20(26)23-9-11-24(12-10-23)30(27,28)16-7-5-15(21)6-8-16/h3-8,13-14,18H,9-12H2,1-2H3,(H,22,25)/t18-/m0/s1. The predicted octanol–water partition coefficient (Wildman–Crippen LogP) is 1.71. The van der Waals surface area contributed by atoms with E-state index in [4.69, 9.17) is 4.42 Å². The van der Waals surface area contributed by atoms with Crippen LogP contribution in [0.5, 0.6) is 0 Å². The van der Waals surface area contributed by atoms with Gasteiger partial charge in [-0.05, 0) is 42.3 Å². The van der Waals surface area contributed by atoms with Crippen LogP contribution in [0.15, 0.2) is 52.0 Å². The molecule has 1 N–H and O–H groups in total. The molecule has 1 fully saturated rings. The van der Waals surface area contributed by atoms with Crippen molar-refractivity contribution < 1.29 is 26.8 Å². The van der Waals surface area contributed by atoms with Crippen molar-refractivity contribution in [3.05, 3.63) is 54.2 Å². The van der Waals surface area contributed by atoms with E-state index in [0.717, 1.165) is 12.1 Å². The molecular weight excluding hydrogens is 413 g/mol. The number of nitrogens with zero attached hydrogens (tertiary/aromatic N) is 2. The molecule has 0 radical (unpaired) electrons. The van der Waals surface area contributed by atoms with Gasteiger partial charge in [-0.3, -0.25) is 9.59 Å². The lowest BCUT2D eigenvalue weighted by Crippen LogP contribution is -2.57. The van der Waals surface area contributed by atoms with Crippen LogP contribution in [0, 0.1) is 11.7 Å². The minimum absolute atomic E-state index is 0.00875. The largest absolute Gasteiger partial charge is 0.459 e. The van der Waals surface area contributed by atoms with Crippen LogP contribution < -0.4 is 5.32 Å². The van der Waals surface area contributed by atoms with Gasteiger partial charge in [-0.1, -0.05) is 13.8 Å². The molecule has 0 saturated carbocycles. The summed E-state index contributed by atoms with van der Waals surface area (Å²) < 4.78 is 44.9. The van der Waals surface area contributed by atoms with E-state index >= 15 is 0 Å². The summed E-state index contributed by atoms with van der Waals surface area (Å²) in [6.07, 6.45) is 1.38. The van der Waals surface area contributed by atoms with E-state index in [1.165, 1.54) is 28.8 Å². The number of carbonyl (C=O) groups is 2. The molecule has 2 aromatic rings. The van der Waals surface area contributed by atoms with E-state index in [1.54, 1.807) is 11.0 Å². The number of rotatable bonds is 6. The van der Waals surface area contributed by atoms with Crippen LogP contribution >= 0.6 is 0 Å². The predicted molar refractivity (Wildman–Crippen MR) is 107 cm³/mol. The summed E-state index contributed by atoms with van der Waals surface area (Å²) in [5.74, 6) is -1.32. The summed E-state index contributed by atoms with van der Waals surface area (Å²) in [5.41, 5.74) is 0. The molecule has 10 heteroatoms. The number of amides is 2. The number of piperazine rings is 1. The van der Waals surface area contributed by atoms with Gasteiger partial charge in [0.2, 0.25) is 15.9 Å². The van der Waals surface area contributed by atoms with E-state index in [-0.39, 0.29) is 48.7 Å². The highest BCUT2D eigenvalue weighted by molar-refractivity contribution is 7.89. The van der Waals surface area contributed by atoms with Gasteiger partial charge in [0, 0.05) is 26.2 Å². The van der Waals surface area contributed by atoms with Crippen LogP contribution in [0.4, 0.5) is 4.39 Å². The summed E-state index contributed by atoms with van der Waals surface area (Å²) in [6, 6.07) is 6.98. The first-order valence-electron chi connectivity index (χ1n) is 9.59. The van der Waals surface area contributed by atoms with Crippen LogP contribution in [-0.2, 0) is 14.8 Å². The highest BCUT2D eigenvalue weighted by Crippen LogP contribution is 2.19. The van der Waals surface area contributed by atoms with E-state index < -0.39 is 27.8 Å². The summed E-state index contributed by atoms with van der Waals surface area (Å²) >= 11 is 0. The van der Waals surface area contributed by atoms with Gasteiger partial charge in [-0.15, -0.1) is 0 Å². The molecule has 162 valence electrons. The maximum absolute atomic E-state index is 13.1. The number of nitrogens with one attached hydrogen (secondary N) is 1. The molecule has 3 rings (SSSR count). The third-order valence-corrected chi connectivity index (χ3v) is 6.88. The van der Waals surface area contributed by atoms with Crippen LogP contribution in [-0.4, -0.2) is 61.7 Å². The molecule has 1 aromatic heterocycles. The fraction of sp³-hybridized carbons (Fsp3) is 0.400. The molecule has 0 unspecified atom stereocenters. The molecule has 2 heterocycles. The monoisotopic (exact) mass is 437 g/mol. The van der Waals surface area contributed by atoms with Crippen LogP contribution in [0.1, 0.15) is 24.4 Å². The quantitative estimate of drug-likeness (QED) is 0.742. The average molecular weight is 437 g/mol. The van der Waals surface area contributed by atoms with E-state index in [2.05, 4.69) is 5.32 Å². The van der Waals surface area contributed by atoms with Crippen molar-refractivity contribution in [3.8, 4) is 0 Å². The Labute approximate surface area is 174 Å². The molecule has 0 aliphatic carbocycles. The molecule has 8 nitrogen and oxygen atoms in total. The highest BCUT2D eigenvalue weighted by atomic mass is 32.2. The van der Waals surface area contributed by atoms with Crippen molar-refractivity contribution in [1.29, 1.82) is 0 Å². The zero-order valence-corrected chi connectivity index (χ0v) is 17.6. The molecule has 2 amide bonds. The first kappa shape index (κ1) is 22.0. The van der Waals surface area contributed by atoms with Gasteiger partial charge < -0.3 is 14.6 Å². The van der Waals surface area contributed by atoms with Gasteiger partial charge in [0.25, 0.3) is 5.91 Å². The lowest BCUT2D eigenvalue weighted by Gasteiger charge is -2.36. The Bertz CT molecular complexity index is 982. The Balaban J connectivity index is 1.64. The molecule has 1 atom stereocenters. The summed E-state index contributed by atoms with van der Waals surface area (Å²) in [4.78, 5) is 26.8. The number of hydrogen-bond acceptors (Lipinski definition) is 5. The zero-order chi connectivity index (χ0) is 21.9. The third-order valence-electron chi connectivity index (χ3n) is 4.97. The SMILES string of the molecule is CC(C)[C@H](NC(=O)c1ccco1)C(=O)N1CCN(S(=O)(=O)c2ccc(F)cc2)CC1. The van der Waals surface area contributed by atoms with Crippen LogP contribution in [0.3, 0.4) is 0 Å². The number of halogens is 1. The number of furan rings is 1. The molecule has 1 aliphatic rings. The fourth-order valence-corrected chi connectivity index (χ4v) is 4.66. The number of hydrogen-bond donors (Lipinski definition) is 1. The second-order valence-electron chi connectivity index (χ2n) is 7.36. The van der Waals surface area contributed by atoms with Crippen molar-refractivity contribution in [2.24, 2.45) is 5.92 Å². The second-order valence-corrected chi connectivity index (χ2v) is 9.29. The number of benzene rings is 1. The Hall–Kier alpha value is -2.72. The minimum Gasteiger partial charge on any atom is -0.459 e. The Morgan fingerprint density at radius 3 is 2.23 bits per heavy atom. The van der Waals surface area contributed by atoms with Crippen molar-refractivity contribution >= 4 is 21.8 Å². The lowest BCUT2D eigenvalue weighted by molar-refractivity contribution is -0.135. The Morgan fingerprint density at radius 2 is 1.70 bits per heavy atom. The summed E-state index contributed by atoms with van der Waals surface area (Å²) in [5, 5.41) is 2.70. The molecular formula is C20H24FN3O5S. The van der Waals surface area contributed by atoms with Gasteiger partial charge in [-0.2, -0.15) is 4.31 Å². The molecule has 0 spiro atoms. The normalized spacial score (nSPS) is 16.5. The first-order chi connectivity index (χ1) is 14.2. The molecule has 1 aromatic carbocycles. The lowest BCUT2D eigenvalue weighted by atomic mass is 10.0. The number of sulfonamides is 1. The molecule has 1 aliphatic heterocycles. The van der Waals surface area contributed by atoms with Crippen LogP contribution in [0.25, 0.3) is 0 Å². The molecule has 0 bridgehead atoms. The Morgan fingerprint density at radius 1 is 1.07 bits per heavy atom. The van der Waals surface area contributed by atoms with Gasteiger partial charge in [0.15, 0.2) is 5.76 Å². The van der Waals surface area contributed by atoms with E-state index in [9.17, 15) is 22.4 Å². The fourth-order valence-electron chi connectivity index (χ4n) is 3.23. The summed E-state index contributed by atoms with van der Waals surface area (Å²) in [6.45, 7) is 4.25. The van der Waals surface area contributed by atoms with Gasteiger partial charge in [-0.25, -0.2) is 12.8 Å². The summed E-state index contributed by atoms with van der Waals surface area (Å²) in [7, 11) is -3.77. The molecule has 30 heavy (non-hydrogen) atoms. The van der Waals surface area contributed by atoms with Gasteiger partial charge in [0.1, 0.15) is 11.9 Å². The smallest absolute Gasteiger partial charge is 0.287 e. The average Bonchev–Trinajstić information content (AvgIpc) is 3.26. The van der Waals surface area contributed by atoms with Crippen molar-refractivity contribution in [2.45, 2.75) is 24.8 Å². The number of carbonyl (C=O) groups excluding carboxylic acids is 2. The highest BCUT2D eigenvalue weighted by Gasteiger charge is 2.34. The maximum Gasteiger partial charge on any atom is 0.287 e. The van der Waals surface area contributed by atoms with Gasteiger partial charge >= 0.3 is 0 Å². The van der Waals surface area contributed by atoms with E-state index in [0.29, 0.717) is 0 Å². The van der Waals surface area contributed by atoms with Gasteiger partial charge in [0.05, 0.1) is 11.2 Å². The van der Waals surface area contributed by atoms with Crippen molar-refractivity contribution in [1.82, 2.24) is 14.5 Å². The second kappa shape index (κ2) is 8.97. The zero-order valence-electron chi connectivity index (χ0n) is 16.7. The topological polar surface area (TPSA) is 99.9 Å². The minimum atomic E-state index is -3.77. The third kappa shape index (κ3) is 4.71. The first-order valence-corrected chi connectivity index (χ1v) is 11.0.